The lowest BCUT2D eigenvalue weighted by molar-refractivity contribution is 0.304. The third-order valence-electron chi connectivity index (χ3n) is 2.70. The Morgan fingerprint density at radius 3 is 2.60 bits per heavy atom. The van der Waals surface area contributed by atoms with Crippen molar-refractivity contribution < 1.29 is 13.5 Å². The zero-order chi connectivity index (χ0) is 14.5. The zero-order valence-corrected chi connectivity index (χ0v) is 11.7. The van der Waals surface area contributed by atoms with Crippen molar-refractivity contribution in [2.24, 2.45) is 0 Å². The Morgan fingerprint density at radius 2 is 1.90 bits per heavy atom. The SMILES string of the molecule is CNCc1cc(F)cc(OCc2ccc(F)c(Cl)c2)c1. The molecule has 2 nitrogen and oxygen atoms in total. The molecule has 0 saturated carbocycles. The van der Waals surface area contributed by atoms with Crippen molar-refractivity contribution >= 4 is 11.6 Å². The van der Waals surface area contributed by atoms with E-state index in [-0.39, 0.29) is 17.4 Å². The van der Waals surface area contributed by atoms with Gasteiger partial charge in [-0.3, -0.25) is 0 Å². The number of hydrogen-bond donors (Lipinski definition) is 1. The number of benzene rings is 2. The van der Waals surface area contributed by atoms with Crippen LogP contribution in [0, 0.1) is 11.6 Å². The smallest absolute Gasteiger partial charge is 0.141 e. The number of ether oxygens (including phenoxy) is 1. The highest BCUT2D eigenvalue weighted by Gasteiger charge is 2.04. The van der Waals surface area contributed by atoms with E-state index < -0.39 is 5.82 Å². The molecule has 0 aliphatic rings. The summed E-state index contributed by atoms with van der Waals surface area (Å²) in [4.78, 5) is 0. The van der Waals surface area contributed by atoms with Gasteiger partial charge in [0.15, 0.2) is 0 Å². The Hall–Kier alpha value is -1.65. The first-order chi connectivity index (χ1) is 9.58. The van der Waals surface area contributed by atoms with Crippen LogP contribution in [0.25, 0.3) is 0 Å². The van der Waals surface area contributed by atoms with E-state index in [0.29, 0.717) is 12.3 Å². The van der Waals surface area contributed by atoms with Crippen LogP contribution in [0.1, 0.15) is 11.1 Å². The molecule has 2 aromatic carbocycles. The van der Waals surface area contributed by atoms with Gasteiger partial charge in [0.1, 0.15) is 24.0 Å². The predicted molar refractivity (Wildman–Crippen MR) is 74.9 cm³/mol. The van der Waals surface area contributed by atoms with E-state index in [2.05, 4.69) is 5.32 Å². The van der Waals surface area contributed by atoms with E-state index in [0.717, 1.165) is 11.1 Å². The maximum Gasteiger partial charge on any atom is 0.141 e. The van der Waals surface area contributed by atoms with E-state index >= 15 is 0 Å². The van der Waals surface area contributed by atoms with Gasteiger partial charge in [-0.1, -0.05) is 17.7 Å². The Balaban J connectivity index is 2.08. The first-order valence-electron chi connectivity index (χ1n) is 6.09. The molecule has 5 heteroatoms. The third kappa shape index (κ3) is 3.92. The molecule has 1 N–H and O–H groups in total. The Bertz CT molecular complexity index is 604. The summed E-state index contributed by atoms with van der Waals surface area (Å²) in [6, 6.07) is 8.85. The largest absolute Gasteiger partial charge is 0.489 e. The molecule has 0 aromatic heterocycles. The van der Waals surface area contributed by atoms with Crippen molar-refractivity contribution in [2.45, 2.75) is 13.2 Å². The monoisotopic (exact) mass is 297 g/mol. The van der Waals surface area contributed by atoms with Gasteiger partial charge in [-0.2, -0.15) is 0 Å². The van der Waals surface area contributed by atoms with Crippen molar-refractivity contribution in [3.05, 3.63) is 64.2 Å². The van der Waals surface area contributed by atoms with E-state index in [1.165, 1.54) is 24.3 Å². The molecule has 106 valence electrons. The molecule has 0 aliphatic carbocycles. The van der Waals surface area contributed by atoms with Crippen LogP contribution >= 0.6 is 11.6 Å². The second kappa shape index (κ2) is 6.68. The van der Waals surface area contributed by atoms with Crippen LogP contribution in [0.15, 0.2) is 36.4 Å². The zero-order valence-electron chi connectivity index (χ0n) is 10.9. The fourth-order valence-electron chi connectivity index (χ4n) is 1.81. The third-order valence-corrected chi connectivity index (χ3v) is 2.99. The summed E-state index contributed by atoms with van der Waals surface area (Å²) < 4.78 is 31.9. The fraction of sp³-hybridized carbons (Fsp3) is 0.200. The summed E-state index contributed by atoms with van der Waals surface area (Å²) in [6.45, 7) is 0.749. The fourth-order valence-corrected chi connectivity index (χ4v) is 2.01. The van der Waals surface area contributed by atoms with Crippen LogP contribution in [-0.4, -0.2) is 7.05 Å². The van der Waals surface area contributed by atoms with E-state index in [1.807, 2.05) is 0 Å². The summed E-state index contributed by atoms with van der Waals surface area (Å²) in [6.07, 6.45) is 0. The summed E-state index contributed by atoms with van der Waals surface area (Å²) in [7, 11) is 1.78. The number of halogens is 3. The lowest BCUT2D eigenvalue weighted by atomic mass is 10.2. The van der Waals surface area contributed by atoms with E-state index in [9.17, 15) is 8.78 Å². The van der Waals surface area contributed by atoms with Crippen LogP contribution in [0.4, 0.5) is 8.78 Å². The average Bonchev–Trinajstić information content (AvgIpc) is 2.40. The Morgan fingerprint density at radius 1 is 1.10 bits per heavy atom. The second-order valence-electron chi connectivity index (χ2n) is 4.36. The number of rotatable bonds is 5. The molecule has 0 spiro atoms. The summed E-state index contributed by atoms with van der Waals surface area (Å²) in [5, 5.41) is 2.99. The minimum absolute atomic E-state index is 0.0428. The molecule has 0 radical (unpaired) electrons. The van der Waals surface area contributed by atoms with Crippen LogP contribution in [-0.2, 0) is 13.2 Å². The predicted octanol–water partition coefficient (Wildman–Crippen LogP) is 3.92. The van der Waals surface area contributed by atoms with Crippen molar-refractivity contribution in [2.75, 3.05) is 7.05 Å². The average molecular weight is 298 g/mol. The van der Waals surface area contributed by atoms with Gasteiger partial charge in [-0.05, 0) is 42.4 Å². The molecule has 0 amide bonds. The highest BCUT2D eigenvalue weighted by molar-refractivity contribution is 6.30. The van der Waals surface area contributed by atoms with Crippen LogP contribution in [0.3, 0.4) is 0 Å². The lowest BCUT2D eigenvalue weighted by Crippen LogP contribution is -2.06. The Kier molecular flexibility index (Phi) is 4.93. The maximum absolute atomic E-state index is 13.4. The standard InChI is InChI=1S/C15H14ClF2NO/c1-19-8-11-4-12(17)7-13(5-11)20-9-10-2-3-15(18)14(16)6-10/h2-7,19H,8-9H2,1H3. The normalized spacial score (nSPS) is 10.6. The highest BCUT2D eigenvalue weighted by atomic mass is 35.5. The lowest BCUT2D eigenvalue weighted by Gasteiger charge is -2.09. The molecular formula is C15H14ClF2NO. The topological polar surface area (TPSA) is 21.3 Å². The van der Waals surface area contributed by atoms with Gasteiger partial charge >= 0.3 is 0 Å². The van der Waals surface area contributed by atoms with Crippen molar-refractivity contribution in [1.82, 2.24) is 5.32 Å². The molecule has 0 saturated heterocycles. The molecule has 2 aromatic rings. The summed E-state index contributed by atoms with van der Waals surface area (Å²) in [5.74, 6) is -0.405. The molecule has 0 aliphatic heterocycles. The van der Waals surface area contributed by atoms with Gasteiger partial charge in [0.05, 0.1) is 5.02 Å². The van der Waals surface area contributed by atoms with Gasteiger partial charge in [-0.15, -0.1) is 0 Å². The first kappa shape index (κ1) is 14.8. The van der Waals surface area contributed by atoms with Gasteiger partial charge < -0.3 is 10.1 Å². The minimum atomic E-state index is -0.475. The summed E-state index contributed by atoms with van der Waals surface area (Å²) in [5.41, 5.74) is 1.51. The molecular weight excluding hydrogens is 284 g/mol. The molecule has 0 bridgehead atoms. The van der Waals surface area contributed by atoms with Crippen molar-refractivity contribution in [3.8, 4) is 5.75 Å². The minimum Gasteiger partial charge on any atom is -0.489 e. The molecule has 2 rings (SSSR count). The van der Waals surface area contributed by atoms with Gasteiger partial charge in [0, 0.05) is 12.6 Å². The van der Waals surface area contributed by atoms with E-state index in [1.54, 1.807) is 19.2 Å². The molecule has 0 fully saturated rings. The van der Waals surface area contributed by atoms with Crippen molar-refractivity contribution in [1.29, 1.82) is 0 Å². The maximum atomic E-state index is 13.4. The van der Waals surface area contributed by atoms with Gasteiger partial charge in [0.2, 0.25) is 0 Å². The quantitative estimate of drug-likeness (QED) is 0.903. The van der Waals surface area contributed by atoms with Gasteiger partial charge in [0.25, 0.3) is 0 Å². The van der Waals surface area contributed by atoms with Crippen LogP contribution < -0.4 is 10.1 Å². The van der Waals surface area contributed by atoms with Crippen LogP contribution in [0.2, 0.25) is 5.02 Å². The first-order valence-corrected chi connectivity index (χ1v) is 6.47. The van der Waals surface area contributed by atoms with Gasteiger partial charge in [-0.25, -0.2) is 8.78 Å². The molecule has 0 heterocycles. The molecule has 0 atom stereocenters. The Labute approximate surface area is 121 Å². The van der Waals surface area contributed by atoms with E-state index in [4.69, 9.17) is 16.3 Å². The molecule has 20 heavy (non-hydrogen) atoms. The number of nitrogens with one attached hydrogen (secondary N) is 1. The summed E-state index contributed by atoms with van der Waals surface area (Å²) >= 11 is 5.69. The number of hydrogen-bond acceptors (Lipinski definition) is 2. The van der Waals surface area contributed by atoms with Crippen LogP contribution in [0.5, 0.6) is 5.75 Å². The highest BCUT2D eigenvalue weighted by Crippen LogP contribution is 2.20. The second-order valence-corrected chi connectivity index (χ2v) is 4.77. The van der Waals surface area contributed by atoms with Crippen molar-refractivity contribution in [3.63, 3.8) is 0 Å². The molecule has 0 unspecified atom stereocenters.